The number of piperidine rings is 2. The zero-order valence-corrected chi connectivity index (χ0v) is 21.5. The number of amides is 1. The molecule has 0 saturated carbocycles. The van der Waals surface area contributed by atoms with E-state index in [1.165, 1.54) is 0 Å². The van der Waals surface area contributed by atoms with Crippen molar-refractivity contribution in [1.29, 1.82) is 0 Å². The van der Waals surface area contributed by atoms with Gasteiger partial charge >= 0.3 is 5.97 Å². The van der Waals surface area contributed by atoms with Gasteiger partial charge in [0.15, 0.2) is 0 Å². The van der Waals surface area contributed by atoms with Crippen LogP contribution in [0.4, 0.5) is 0 Å². The number of carbonyl (C=O) groups is 2. The van der Waals surface area contributed by atoms with E-state index in [0.29, 0.717) is 11.6 Å². The first-order chi connectivity index (χ1) is 16.2. The van der Waals surface area contributed by atoms with E-state index in [2.05, 4.69) is 25.8 Å². The van der Waals surface area contributed by atoms with Crippen molar-refractivity contribution in [2.45, 2.75) is 57.6 Å². The van der Waals surface area contributed by atoms with Crippen LogP contribution in [0.5, 0.6) is 0 Å². The second-order valence-electron chi connectivity index (χ2n) is 10.7. The number of carbonyl (C=O) groups excluding carboxylic acids is 2. The van der Waals surface area contributed by atoms with Crippen molar-refractivity contribution >= 4 is 27.8 Å². The highest BCUT2D eigenvalue weighted by atomic mass is 79.9. The fourth-order valence-electron chi connectivity index (χ4n) is 6.10. The number of hydrogen-bond donors (Lipinski definition) is 0. The molecule has 3 saturated heterocycles. The van der Waals surface area contributed by atoms with Gasteiger partial charge < -0.3 is 9.64 Å². The number of cyclic esters (lactones) is 1. The summed E-state index contributed by atoms with van der Waals surface area (Å²) in [6.07, 6.45) is 8.18. The van der Waals surface area contributed by atoms with Crippen LogP contribution in [-0.4, -0.2) is 64.5 Å². The molecule has 1 amide bonds. The molecule has 7 heteroatoms. The Bertz CT molecular complexity index is 1080. The number of likely N-dealkylation sites (tertiary alicyclic amines) is 2. The predicted octanol–water partition coefficient (Wildman–Crippen LogP) is 4.92. The zero-order valence-electron chi connectivity index (χ0n) is 19.9. The second-order valence-corrected chi connectivity index (χ2v) is 11.6. The van der Waals surface area contributed by atoms with Gasteiger partial charge in [-0.05, 0) is 75.9 Å². The Morgan fingerprint density at radius 3 is 2.62 bits per heavy atom. The SMILES string of the molecule is CC1(C)CC2(CCCN(C3CCN(C(=O)c4cc(Br)cc(-c5cccnc5)c4)CC3)C2)C(=O)O1. The van der Waals surface area contributed by atoms with Gasteiger partial charge in [-0.15, -0.1) is 0 Å². The third-order valence-electron chi connectivity index (χ3n) is 7.58. The fraction of sp³-hybridized carbons (Fsp3) is 0.519. The number of aromatic nitrogens is 1. The van der Waals surface area contributed by atoms with Crippen LogP contribution in [-0.2, 0) is 9.53 Å². The lowest BCUT2D eigenvalue weighted by atomic mass is 9.74. The number of esters is 1. The molecule has 0 bridgehead atoms. The van der Waals surface area contributed by atoms with Gasteiger partial charge in [0.2, 0.25) is 0 Å². The number of halogens is 1. The maximum absolute atomic E-state index is 13.4. The summed E-state index contributed by atoms with van der Waals surface area (Å²) in [5, 5.41) is 0. The van der Waals surface area contributed by atoms with Crippen LogP contribution >= 0.6 is 15.9 Å². The van der Waals surface area contributed by atoms with Crippen LogP contribution in [0.2, 0.25) is 0 Å². The minimum Gasteiger partial charge on any atom is -0.459 e. The first-order valence-electron chi connectivity index (χ1n) is 12.2. The van der Waals surface area contributed by atoms with Gasteiger partial charge in [-0.25, -0.2) is 0 Å². The summed E-state index contributed by atoms with van der Waals surface area (Å²) < 4.78 is 6.59. The lowest BCUT2D eigenvalue weighted by molar-refractivity contribution is -0.154. The molecule has 1 atom stereocenters. The van der Waals surface area contributed by atoms with Gasteiger partial charge in [0.05, 0.1) is 5.41 Å². The topological polar surface area (TPSA) is 62.7 Å². The molecule has 180 valence electrons. The molecule has 3 aliphatic rings. The monoisotopic (exact) mass is 525 g/mol. The van der Waals surface area contributed by atoms with E-state index in [9.17, 15) is 9.59 Å². The quantitative estimate of drug-likeness (QED) is 0.532. The van der Waals surface area contributed by atoms with E-state index >= 15 is 0 Å². The Hall–Kier alpha value is -2.25. The van der Waals surface area contributed by atoms with Crippen LogP contribution in [0.1, 0.15) is 56.3 Å². The Balaban J connectivity index is 1.24. The first-order valence-corrected chi connectivity index (χ1v) is 13.0. The number of rotatable bonds is 3. The molecule has 0 aliphatic carbocycles. The fourth-order valence-corrected chi connectivity index (χ4v) is 6.60. The summed E-state index contributed by atoms with van der Waals surface area (Å²) in [7, 11) is 0. The van der Waals surface area contributed by atoms with Crippen molar-refractivity contribution in [3.63, 3.8) is 0 Å². The molecule has 3 aliphatic heterocycles. The molecule has 34 heavy (non-hydrogen) atoms. The molecule has 5 rings (SSSR count). The summed E-state index contributed by atoms with van der Waals surface area (Å²) in [6.45, 7) is 7.31. The molecule has 2 aromatic rings. The second kappa shape index (κ2) is 9.08. The van der Waals surface area contributed by atoms with Crippen LogP contribution < -0.4 is 0 Å². The average molecular weight is 526 g/mol. The molecule has 1 spiro atoms. The number of nitrogens with zero attached hydrogens (tertiary/aromatic N) is 3. The van der Waals surface area contributed by atoms with E-state index in [1.807, 2.05) is 55.3 Å². The number of pyridine rings is 1. The van der Waals surface area contributed by atoms with Gasteiger partial charge in [-0.2, -0.15) is 0 Å². The average Bonchev–Trinajstić information content (AvgIpc) is 3.05. The highest BCUT2D eigenvalue weighted by molar-refractivity contribution is 9.10. The normalized spacial score (nSPS) is 25.5. The highest BCUT2D eigenvalue weighted by Gasteiger charge is 2.54. The van der Waals surface area contributed by atoms with Crippen molar-refractivity contribution in [2.24, 2.45) is 5.41 Å². The highest BCUT2D eigenvalue weighted by Crippen LogP contribution is 2.46. The van der Waals surface area contributed by atoms with E-state index in [-0.39, 0.29) is 22.9 Å². The molecular weight excluding hydrogens is 494 g/mol. The Morgan fingerprint density at radius 2 is 1.94 bits per heavy atom. The van der Waals surface area contributed by atoms with Crippen LogP contribution in [0.25, 0.3) is 11.1 Å². The molecule has 6 nitrogen and oxygen atoms in total. The Morgan fingerprint density at radius 1 is 1.15 bits per heavy atom. The largest absolute Gasteiger partial charge is 0.459 e. The third-order valence-corrected chi connectivity index (χ3v) is 8.04. The standard InChI is InChI=1S/C27H32BrN3O3/c1-26(2)17-27(25(33)34-26)8-4-10-31(18-27)23-6-11-30(12-7-23)24(32)21-13-20(14-22(28)15-21)19-5-3-9-29-16-19/h3,5,9,13-16,23H,4,6-8,10-12,17-18H2,1-2H3. The van der Waals surface area contributed by atoms with Crippen LogP contribution in [0.3, 0.4) is 0 Å². The Kier molecular flexibility index (Phi) is 6.27. The van der Waals surface area contributed by atoms with Gasteiger partial charge in [-0.1, -0.05) is 22.0 Å². The smallest absolute Gasteiger partial charge is 0.314 e. The summed E-state index contributed by atoms with van der Waals surface area (Å²) in [5.41, 5.74) is 1.94. The molecule has 0 radical (unpaired) electrons. The molecule has 1 unspecified atom stereocenters. The number of hydrogen-bond acceptors (Lipinski definition) is 5. The van der Waals surface area contributed by atoms with Crippen LogP contribution in [0.15, 0.2) is 47.2 Å². The van der Waals surface area contributed by atoms with Crippen molar-refractivity contribution in [3.8, 4) is 11.1 Å². The van der Waals surface area contributed by atoms with E-state index in [4.69, 9.17) is 4.74 Å². The van der Waals surface area contributed by atoms with Gasteiger partial charge in [-0.3, -0.25) is 19.5 Å². The van der Waals surface area contributed by atoms with Gasteiger partial charge in [0.1, 0.15) is 5.60 Å². The predicted molar refractivity (Wildman–Crippen MR) is 134 cm³/mol. The van der Waals surface area contributed by atoms with Gasteiger partial charge in [0, 0.05) is 60.1 Å². The van der Waals surface area contributed by atoms with E-state index in [0.717, 1.165) is 73.9 Å². The van der Waals surface area contributed by atoms with E-state index < -0.39 is 0 Å². The molecule has 1 aromatic carbocycles. The maximum atomic E-state index is 13.4. The number of benzene rings is 1. The molecular formula is C27H32BrN3O3. The van der Waals surface area contributed by atoms with Crippen LogP contribution in [0, 0.1) is 5.41 Å². The lowest BCUT2D eigenvalue weighted by Crippen LogP contribution is -2.53. The molecule has 1 aromatic heterocycles. The first kappa shape index (κ1) is 23.5. The van der Waals surface area contributed by atoms with Crippen molar-refractivity contribution in [2.75, 3.05) is 26.2 Å². The zero-order chi connectivity index (χ0) is 23.9. The minimum atomic E-state index is -0.367. The third kappa shape index (κ3) is 4.65. The lowest BCUT2D eigenvalue weighted by Gasteiger charge is -2.44. The summed E-state index contributed by atoms with van der Waals surface area (Å²) in [5.74, 6) is 0.0509. The maximum Gasteiger partial charge on any atom is 0.314 e. The van der Waals surface area contributed by atoms with Crippen molar-refractivity contribution in [3.05, 3.63) is 52.8 Å². The van der Waals surface area contributed by atoms with Crippen molar-refractivity contribution < 1.29 is 14.3 Å². The van der Waals surface area contributed by atoms with Crippen molar-refractivity contribution in [1.82, 2.24) is 14.8 Å². The molecule has 0 N–H and O–H groups in total. The number of ether oxygens (including phenoxy) is 1. The molecule has 3 fully saturated rings. The van der Waals surface area contributed by atoms with E-state index in [1.54, 1.807) is 6.20 Å². The summed E-state index contributed by atoms with van der Waals surface area (Å²) in [6, 6.07) is 10.2. The Labute approximate surface area is 209 Å². The summed E-state index contributed by atoms with van der Waals surface area (Å²) in [4.78, 5) is 34.8. The summed E-state index contributed by atoms with van der Waals surface area (Å²) >= 11 is 3.57. The minimum absolute atomic E-state index is 0.0195. The van der Waals surface area contributed by atoms with Gasteiger partial charge in [0.25, 0.3) is 5.91 Å². The molecule has 4 heterocycles.